The standard InChI is InChI=1S/C13H15N3OS2/c1-9-15-10(7-18-9)4-13(17)16(11-2-3-11)6-12-5-14-8-19-12/h5,7-8,11H,2-4,6H2,1H3. The van der Waals surface area contributed by atoms with Crippen LogP contribution in [0.5, 0.6) is 0 Å². The number of amides is 1. The van der Waals surface area contributed by atoms with Gasteiger partial charge in [0.1, 0.15) is 0 Å². The lowest BCUT2D eigenvalue weighted by Crippen LogP contribution is -2.33. The third kappa shape index (κ3) is 3.19. The van der Waals surface area contributed by atoms with E-state index in [2.05, 4.69) is 9.97 Å². The summed E-state index contributed by atoms with van der Waals surface area (Å²) in [4.78, 5) is 24.0. The van der Waals surface area contributed by atoms with Crippen LogP contribution in [0, 0.1) is 6.92 Å². The fourth-order valence-corrected chi connectivity index (χ4v) is 3.25. The van der Waals surface area contributed by atoms with Gasteiger partial charge in [-0.15, -0.1) is 22.7 Å². The second-order valence-corrected chi connectivity index (χ2v) is 6.79. The van der Waals surface area contributed by atoms with Gasteiger partial charge in [0, 0.05) is 22.5 Å². The molecule has 1 aliphatic rings. The first-order valence-corrected chi connectivity index (χ1v) is 8.06. The Bertz CT molecular complexity index is 560. The number of rotatable bonds is 5. The normalized spacial score (nSPS) is 14.6. The zero-order chi connectivity index (χ0) is 13.2. The second-order valence-electron chi connectivity index (χ2n) is 4.76. The Morgan fingerprint density at radius 1 is 1.47 bits per heavy atom. The third-order valence-electron chi connectivity index (χ3n) is 3.12. The summed E-state index contributed by atoms with van der Waals surface area (Å²) in [6.07, 6.45) is 4.52. The fourth-order valence-electron chi connectivity index (χ4n) is 2.04. The van der Waals surface area contributed by atoms with Crippen molar-refractivity contribution in [1.29, 1.82) is 0 Å². The highest BCUT2D eigenvalue weighted by Gasteiger charge is 2.32. The van der Waals surface area contributed by atoms with Crippen LogP contribution >= 0.6 is 22.7 Å². The molecular weight excluding hydrogens is 278 g/mol. The lowest BCUT2D eigenvalue weighted by molar-refractivity contribution is -0.131. The van der Waals surface area contributed by atoms with E-state index in [9.17, 15) is 4.79 Å². The molecule has 3 rings (SSSR count). The first-order chi connectivity index (χ1) is 9.22. The average molecular weight is 293 g/mol. The number of hydrogen-bond donors (Lipinski definition) is 0. The topological polar surface area (TPSA) is 46.1 Å². The number of carbonyl (C=O) groups is 1. The minimum atomic E-state index is 0.182. The molecule has 19 heavy (non-hydrogen) atoms. The van der Waals surface area contributed by atoms with Crippen molar-refractivity contribution in [3.8, 4) is 0 Å². The van der Waals surface area contributed by atoms with Crippen LogP contribution < -0.4 is 0 Å². The molecule has 100 valence electrons. The van der Waals surface area contributed by atoms with Crippen LogP contribution in [0.2, 0.25) is 0 Å². The Balaban J connectivity index is 1.67. The number of aromatic nitrogens is 2. The number of hydrogen-bond acceptors (Lipinski definition) is 5. The van der Waals surface area contributed by atoms with Gasteiger partial charge in [-0.25, -0.2) is 4.98 Å². The minimum Gasteiger partial charge on any atom is -0.334 e. The highest BCUT2D eigenvalue weighted by atomic mass is 32.1. The van der Waals surface area contributed by atoms with Crippen molar-refractivity contribution in [3.63, 3.8) is 0 Å². The molecule has 6 heteroatoms. The summed E-state index contributed by atoms with van der Waals surface area (Å²) in [5, 5.41) is 2.99. The van der Waals surface area contributed by atoms with Gasteiger partial charge in [-0.2, -0.15) is 0 Å². The van der Waals surface area contributed by atoms with E-state index in [1.165, 1.54) is 0 Å². The molecule has 4 nitrogen and oxygen atoms in total. The molecule has 1 aliphatic carbocycles. The zero-order valence-corrected chi connectivity index (χ0v) is 12.3. The summed E-state index contributed by atoms with van der Waals surface area (Å²) in [5.74, 6) is 0.182. The fraction of sp³-hybridized carbons (Fsp3) is 0.462. The van der Waals surface area contributed by atoms with Crippen molar-refractivity contribution in [2.45, 2.75) is 38.8 Å². The largest absolute Gasteiger partial charge is 0.334 e. The van der Waals surface area contributed by atoms with Crippen molar-refractivity contribution in [1.82, 2.24) is 14.9 Å². The van der Waals surface area contributed by atoms with Crippen LogP contribution in [0.1, 0.15) is 28.4 Å². The predicted octanol–water partition coefficient (Wildman–Crippen LogP) is 2.64. The molecule has 0 N–H and O–H groups in total. The Labute approximate surface area is 120 Å². The molecule has 1 amide bonds. The maximum absolute atomic E-state index is 12.4. The van der Waals surface area contributed by atoms with Gasteiger partial charge in [0.2, 0.25) is 5.91 Å². The lowest BCUT2D eigenvalue weighted by atomic mass is 10.3. The van der Waals surface area contributed by atoms with Gasteiger partial charge in [0.25, 0.3) is 0 Å². The van der Waals surface area contributed by atoms with Crippen LogP contribution in [0.4, 0.5) is 0 Å². The van der Waals surface area contributed by atoms with Crippen molar-refractivity contribution in [2.24, 2.45) is 0 Å². The number of nitrogens with zero attached hydrogens (tertiary/aromatic N) is 3. The molecule has 0 aromatic carbocycles. The highest BCUT2D eigenvalue weighted by molar-refractivity contribution is 7.09. The first-order valence-electron chi connectivity index (χ1n) is 6.30. The van der Waals surface area contributed by atoms with E-state index in [1.807, 2.05) is 28.9 Å². The van der Waals surface area contributed by atoms with Crippen LogP contribution in [-0.2, 0) is 17.8 Å². The molecule has 0 unspecified atom stereocenters. The second kappa shape index (κ2) is 5.38. The summed E-state index contributed by atoms with van der Waals surface area (Å²) in [6.45, 7) is 2.66. The summed E-state index contributed by atoms with van der Waals surface area (Å²) in [5.41, 5.74) is 2.71. The molecule has 2 aromatic heterocycles. The lowest BCUT2D eigenvalue weighted by Gasteiger charge is -2.21. The van der Waals surface area contributed by atoms with Crippen molar-refractivity contribution >= 4 is 28.6 Å². The van der Waals surface area contributed by atoms with Crippen LogP contribution in [0.25, 0.3) is 0 Å². The summed E-state index contributed by atoms with van der Waals surface area (Å²) in [7, 11) is 0. The van der Waals surface area contributed by atoms with Gasteiger partial charge >= 0.3 is 0 Å². The molecule has 2 heterocycles. The quantitative estimate of drug-likeness (QED) is 0.851. The predicted molar refractivity (Wildman–Crippen MR) is 76.2 cm³/mol. The monoisotopic (exact) mass is 293 g/mol. The molecule has 2 aromatic rings. The van der Waals surface area contributed by atoms with Gasteiger partial charge in [0.15, 0.2) is 0 Å². The number of carbonyl (C=O) groups excluding carboxylic acids is 1. The maximum atomic E-state index is 12.4. The van der Waals surface area contributed by atoms with Crippen molar-refractivity contribution in [2.75, 3.05) is 0 Å². The maximum Gasteiger partial charge on any atom is 0.229 e. The van der Waals surface area contributed by atoms with E-state index in [0.717, 1.165) is 28.4 Å². The smallest absolute Gasteiger partial charge is 0.229 e. The molecular formula is C13H15N3OS2. The third-order valence-corrected chi connectivity index (χ3v) is 4.70. The molecule has 0 spiro atoms. The van der Waals surface area contributed by atoms with E-state index in [-0.39, 0.29) is 5.91 Å². The van der Waals surface area contributed by atoms with Gasteiger partial charge in [-0.1, -0.05) is 0 Å². The molecule has 1 fully saturated rings. The number of aryl methyl sites for hydroxylation is 1. The van der Waals surface area contributed by atoms with Crippen molar-refractivity contribution in [3.05, 3.63) is 32.7 Å². The van der Waals surface area contributed by atoms with E-state index in [0.29, 0.717) is 19.0 Å². The van der Waals surface area contributed by atoms with E-state index < -0.39 is 0 Å². The van der Waals surface area contributed by atoms with Gasteiger partial charge < -0.3 is 4.90 Å². The van der Waals surface area contributed by atoms with Crippen LogP contribution in [0.3, 0.4) is 0 Å². The number of thiazole rings is 2. The Hall–Kier alpha value is -1.27. The summed E-state index contributed by atoms with van der Waals surface area (Å²) < 4.78 is 0. The Kier molecular flexibility index (Phi) is 3.61. The van der Waals surface area contributed by atoms with E-state index in [4.69, 9.17) is 0 Å². The molecule has 0 bridgehead atoms. The summed E-state index contributed by atoms with van der Waals surface area (Å²) >= 11 is 3.20. The SMILES string of the molecule is Cc1nc(CC(=O)N(Cc2cncs2)C2CC2)cs1. The van der Waals surface area contributed by atoms with Crippen LogP contribution in [-0.4, -0.2) is 26.8 Å². The average Bonchev–Trinajstić information content (AvgIpc) is 2.93. The first kappa shape index (κ1) is 12.7. The van der Waals surface area contributed by atoms with Crippen molar-refractivity contribution < 1.29 is 4.79 Å². The van der Waals surface area contributed by atoms with Gasteiger partial charge in [-0.3, -0.25) is 9.78 Å². The van der Waals surface area contributed by atoms with Crippen LogP contribution in [0.15, 0.2) is 17.1 Å². The minimum absolute atomic E-state index is 0.182. The van der Waals surface area contributed by atoms with Gasteiger partial charge in [0.05, 0.1) is 29.2 Å². The molecule has 1 saturated carbocycles. The van der Waals surface area contributed by atoms with Gasteiger partial charge in [-0.05, 0) is 19.8 Å². The molecule has 0 radical (unpaired) electrons. The van der Waals surface area contributed by atoms with E-state index >= 15 is 0 Å². The molecule has 0 atom stereocenters. The highest BCUT2D eigenvalue weighted by Crippen LogP contribution is 2.29. The Morgan fingerprint density at radius 2 is 2.32 bits per heavy atom. The zero-order valence-electron chi connectivity index (χ0n) is 10.7. The molecule has 0 saturated heterocycles. The Morgan fingerprint density at radius 3 is 2.89 bits per heavy atom. The molecule has 0 aliphatic heterocycles. The van der Waals surface area contributed by atoms with E-state index in [1.54, 1.807) is 22.7 Å². The summed E-state index contributed by atoms with van der Waals surface area (Å²) in [6, 6.07) is 0.425.